The molecule has 2 aromatic rings. The van der Waals surface area contributed by atoms with Crippen molar-refractivity contribution in [2.24, 2.45) is 0 Å². The van der Waals surface area contributed by atoms with E-state index in [4.69, 9.17) is 16.9 Å². The number of halogens is 1. The molecule has 0 aliphatic carbocycles. The van der Waals surface area contributed by atoms with Crippen LogP contribution in [0, 0.1) is 11.3 Å². The predicted molar refractivity (Wildman–Crippen MR) is 57.8 cm³/mol. The molecule has 0 radical (unpaired) electrons. The molecule has 2 nitrogen and oxygen atoms in total. The third kappa shape index (κ3) is 1.43. The summed E-state index contributed by atoms with van der Waals surface area (Å²) in [5.41, 5.74) is 0. The van der Waals surface area contributed by atoms with Crippen molar-refractivity contribution in [3.63, 3.8) is 0 Å². The molecular weight excluding hydrogens is 218 g/mol. The fourth-order valence-electron chi connectivity index (χ4n) is 1.28. The van der Waals surface area contributed by atoms with E-state index in [2.05, 4.69) is 6.07 Å². The monoisotopic (exact) mass is 223 g/mol. The zero-order chi connectivity index (χ0) is 10.1. The molecule has 1 N–H and O–H groups in total. The van der Waals surface area contributed by atoms with Crippen LogP contribution in [0.15, 0.2) is 18.2 Å². The van der Waals surface area contributed by atoms with Gasteiger partial charge >= 0.3 is 0 Å². The van der Waals surface area contributed by atoms with Gasteiger partial charge < -0.3 is 5.11 Å². The average molecular weight is 224 g/mol. The van der Waals surface area contributed by atoms with Crippen molar-refractivity contribution in [3.05, 3.63) is 28.1 Å². The molecule has 1 aromatic heterocycles. The zero-order valence-electron chi connectivity index (χ0n) is 7.12. The summed E-state index contributed by atoms with van der Waals surface area (Å²) in [6.07, 6.45) is 0.385. The van der Waals surface area contributed by atoms with Crippen molar-refractivity contribution < 1.29 is 5.11 Å². The van der Waals surface area contributed by atoms with Crippen LogP contribution in [0.4, 0.5) is 0 Å². The van der Waals surface area contributed by atoms with Gasteiger partial charge in [-0.1, -0.05) is 11.6 Å². The van der Waals surface area contributed by atoms with Crippen LogP contribution in [0.1, 0.15) is 4.88 Å². The Morgan fingerprint density at radius 1 is 1.50 bits per heavy atom. The van der Waals surface area contributed by atoms with Gasteiger partial charge in [-0.3, -0.25) is 0 Å². The zero-order valence-corrected chi connectivity index (χ0v) is 8.69. The minimum Gasteiger partial charge on any atom is -0.506 e. The summed E-state index contributed by atoms with van der Waals surface area (Å²) in [7, 11) is 0. The van der Waals surface area contributed by atoms with Crippen molar-refractivity contribution >= 4 is 33.0 Å². The average Bonchev–Trinajstić information content (AvgIpc) is 2.56. The van der Waals surface area contributed by atoms with Gasteiger partial charge in [-0.25, -0.2) is 0 Å². The van der Waals surface area contributed by atoms with Gasteiger partial charge in [-0.05, 0) is 18.2 Å². The number of hydrogen-bond donors (Lipinski definition) is 1. The summed E-state index contributed by atoms with van der Waals surface area (Å²) in [5, 5.41) is 19.1. The molecule has 0 bridgehead atoms. The number of thiophene rings is 1. The van der Waals surface area contributed by atoms with E-state index in [1.807, 2.05) is 12.1 Å². The van der Waals surface area contributed by atoms with Crippen LogP contribution in [0.2, 0.25) is 5.02 Å². The molecule has 0 atom stereocenters. The number of hydrogen-bond acceptors (Lipinski definition) is 3. The van der Waals surface area contributed by atoms with E-state index < -0.39 is 0 Å². The normalized spacial score (nSPS) is 10.3. The Morgan fingerprint density at radius 3 is 3.00 bits per heavy atom. The Morgan fingerprint density at radius 2 is 2.29 bits per heavy atom. The molecule has 1 heterocycles. The molecule has 0 aliphatic heterocycles. The van der Waals surface area contributed by atoms with E-state index in [9.17, 15) is 5.11 Å². The largest absolute Gasteiger partial charge is 0.506 e. The first-order valence-electron chi connectivity index (χ1n) is 3.99. The van der Waals surface area contributed by atoms with Crippen LogP contribution < -0.4 is 0 Å². The van der Waals surface area contributed by atoms with Gasteiger partial charge in [0.05, 0.1) is 17.5 Å². The molecular formula is C10H6ClNOS. The van der Waals surface area contributed by atoms with Crippen molar-refractivity contribution in [2.75, 3.05) is 0 Å². The Bertz CT molecular complexity index is 527. The van der Waals surface area contributed by atoms with Gasteiger partial charge in [0.25, 0.3) is 0 Å². The lowest BCUT2D eigenvalue weighted by Crippen LogP contribution is -1.70. The summed E-state index contributed by atoms with van der Waals surface area (Å²) in [4.78, 5) is 0.968. The van der Waals surface area contributed by atoms with E-state index >= 15 is 0 Å². The van der Waals surface area contributed by atoms with Gasteiger partial charge in [0.2, 0.25) is 0 Å². The quantitative estimate of drug-likeness (QED) is 0.806. The maximum Gasteiger partial charge on any atom is 0.134 e. The molecule has 1 aromatic carbocycles. The van der Waals surface area contributed by atoms with Crippen LogP contribution in [-0.4, -0.2) is 5.11 Å². The van der Waals surface area contributed by atoms with Crippen molar-refractivity contribution in [1.29, 1.82) is 5.26 Å². The molecule has 4 heteroatoms. The molecule has 70 valence electrons. The summed E-state index contributed by atoms with van der Waals surface area (Å²) < 4.78 is 0.998. The first-order valence-corrected chi connectivity index (χ1v) is 5.18. The Balaban J connectivity index is 2.66. The smallest absolute Gasteiger partial charge is 0.134 e. The number of nitrogens with zero attached hydrogens (tertiary/aromatic N) is 1. The molecule has 14 heavy (non-hydrogen) atoms. The second-order valence-corrected chi connectivity index (χ2v) is 4.40. The Hall–Kier alpha value is -1.24. The fraction of sp³-hybridized carbons (Fsp3) is 0.100. The lowest BCUT2D eigenvalue weighted by Gasteiger charge is -1.95. The summed E-state index contributed by atoms with van der Waals surface area (Å²) >= 11 is 7.44. The number of benzene rings is 1. The van der Waals surface area contributed by atoms with Crippen LogP contribution in [0.3, 0.4) is 0 Å². The van der Waals surface area contributed by atoms with Gasteiger partial charge in [-0.15, -0.1) is 11.3 Å². The third-order valence-corrected chi connectivity index (χ3v) is 3.42. The number of nitriles is 1. The Kier molecular flexibility index (Phi) is 2.32. The van der Waals surface area contributed by atoms with Crippen LogP contribution in [0.5, 0.6) is 5.75 Å². The number of phenolic OH excluding ortho intramolecular Hbond substituents is 1. The first kappa shape index (κ1) is 9.32. The highest BCUT2D eigenvalue weighted by molar-refractivity contribution is 7.19. The van der Waals surface area contributed by atoms with Crippen molar-refractivity contribution in [3.8, 4) is 11.8 Å². The minimum absolute atomic E-state index is 0.0838. The highest BCUT2D eigenvalue weighted by atomic mass is 35.5. The number of aromatic hydroxyl groups is 1. The molecule has 0 fully saturated rings. The maximum atomic E-state index is 9.36. The van der Waals surface area contributed by atoms with Crippen molar-refractivity contribution in [1.82, 2.24) is 0 Å². The predicted octanol–water partition coefficient (Wildman–Crippen LogP) is 3.33. The van der Waals surface area contributed by atoms with Gasteiger partial charge in [0, 0.05) is 15.0 Å². The van der Waals surface area contributed by atoms with E-state index in [0.717, 1.165) is 15.0 Å². The summed E-state index contributed by atoms with van der Waals surface area (Å²) in [6, 6.07) is 7.31. The van der Waals surface area contributed by atoms with Gasteiger partial charge in [0.15, 0.2) is 0 Å². The third-order valence-electron chi connectivity index (χ3n) is 1.92. The lowest BCUT2D eigenvalue weighted by atomic mass is 10.2. The number of phenols is 1. The molecule has 0 unspecified atom stereocenters. The highest BCUT2D eigenvalue weighted by Gasteiger charge is 2.08. The van der Waals surface area contributed by atoms with Crippen molar-refractivity contribution in [2.45, 2.75) is 6.42 Å². The van der Waals surface area contributed by atoms with E-state index in [-0.39, 0.29) is 5.75 Å². The molecule has 2 rings (SSSR count). The van der Waals surface area contributed by atoms with E-state index in [1.165, 1.54) is 11.3 Å². The number of rotatable bonds is 1. The van der Waals surface area contributed by atoms with E-state index in [1.54, 1.807) is 6.07 Å². The fourth-order valence-corrected chi connectivity index (χ4v) is 2.56. The summed E-state index contributed by atoms with van der Waals surface area (Å²) in [5.74, 6) is 0.0838. The van der Waals surface area contributed by atoms with Crippen LogP contribution >= 0.6 is 22.9 Å². The molecule has 0 aliphatic rings. The highest BCUT2D eigenvalue weighted by Crippen LogP contribution is 2.36. The molecule has 0 spiro atoms. The standard InChI is InChI=1S/C10H6ClNOS/c11-10-7-5-6(3-4-12)14-9(7)2-1-8(10)13/h1-2,5,13H,3H2. The minimum atomic E-state index is 0.0838. The molecule has 0 saturated heterocycles. The lowest BCUT2D eigenvalue weighted by molar-refractivity contribution is 0.476. The molecule has 0 saturated carbocycles. The van der Waals surface area contributed by atoms with Gasteiger partial charge in [-0.2, -0.15) is 5.26 Å². The Labute approximate surface area is 90.0 Å². The molecule has 0 amide bonds. The second-order valence-electron chi connectivity index (χ2n) is 2.86. The van der Waals surface area contributed by atoms with Crippen LogP contribution in [0.25, 0.3) is 10.1 Å². The topological polar surface area (TPSA) is 44.0 Å². The second kappa shape index (κ2) is 3.49. The SMILES string of the molecule is N#CCc1cc2c(Cl)c(O)ccc2s1. The van der Waals surface area contributed by atoms with Crippen LogP contribution in [-0.2, 0) is 6.42 Å². The number of fused-ring (bicyclic) bond motifs is 1. The van der Waals surface area contributed by atoms with E-state index in [0.29, 0.717) is 11.4 Å². The van der Waals surface area contributed by atoms with Gasteiger partial charge in [0.1, 0.15) is 5.75 Å². The maximum absolute atomic E-state index is 9.36. The first-order chi connectivity index (χ1) is 6.72. The summed E-state index contributed by atoms with van der Waals surface area (Å²) in [6.45, 7) is 0.